The second-order valence-electron chi connectivity index (χ2n) is 5.80. The number of urea groups is 1. The van der Waals surface area contributed by atoms with E-state index in [9.17, 15) is 9.59 Å². The lowest BCUT2D eigenvalue weighted by Gasteiger charge is -2.34. The van der Waals surface area contributed by atoms with Crippen molar-refractivity contribution in [1.29, 1.82) is 0 Å². The summed E-state index contributed by atoms with van der Waals surface area (Å²) in [6.45, 7) is 4.46. The standard InChI is InChI=1S/C14H26N4O2.ClH/c1-11-9-15-7-8-18(11)13(19)10-16-14(20)17-12-5-3-2-4-6-12;/h11-12,15H,2-10H2,1H3,(H2,16,17,20);1H/t11-;/m1./s1. The van der Waals surface area contributed by atoms with E-state index >= 15 is 0 Å². The zero-order valence-electron chi connectivity index (χ0n) is 12.7. The Morgan fingerprint density at radius 1 is 1.24 bits per heavy atom. The quantitative estimate of drug-likeness (QED) is 0.722. The van der Waals surface area contributed by atoms with Crippen molar-refractivity contribution in [3.63, 3.8) is 0 Å². The number of nitrogens with zero attached hydrogens (tertiary/aromatic N) is 1. The molecule has 1 saturated heterocycles. The lowest BCUT2D eigenvalue weighted by molar-refractivity contribution is -0.132. The van der Waals surface area contributed by atoms with Crippen LogP contribution < -0.4 is 16.0 Å². The molecule has 7 heteroatoms. The molecular weight excluding hydrogens is 292 g/mol. The Labute approximate surface area is 132 Å². The molecule has 2 fully saturated rings. The maximum Gasteiger partial charge on any atom is 0.315 e. The molecule has 1 heterocycles. The summed E-state index contributed by atoms with van der Waals surface area (Å²) in [5.74, 6) is -0.00204. The molecule has 6 nitrogen and oxygen atoms in total. The first-order chi connectivity index (χ1) is 9.66. The van der Waals surface area contributed by atoms with Gasteiger partial charge in [0.15, 0.2) is 0 Å². The number of piperazine rings is 1. The van der Waals surface area contributed by atoms with Gasteiger partial charge < -0.3 is 20.9 Å². The van der Waals surface area contributed by atoms with Crippen LogP contribution in [0, 0.1) is 0 Å². The van der Waals surface area contributed by atoms with E-state index in [1.165, 1.54) is 19.3 Å². The molecule has 2 aliphatic rings. The SMILES string of the molecule is C[C@@H]1CNCCN1C(=O)CNC(=O)NC1CCCCC1.Cl. The second kappa shape index (κ2) is 9.10. The summed E-state index contributed by atoms with van der Waals surface area (Å²) in [6.07, 6.45) is 5.73. The highest BCUT2D eigenvalue weighted by atomic mass is 35.5. The number of halogens is 1. The third-order valence-electron chi connectivity index (χ3n) is 4.16. The summed E-state index contributed by atoms with van der Waals surface area (Å²) in [7, 11) is 0. The van der Waals surface area contributed by atoms with E-state index in [1.54, 1.807) is 0 Å². The Bertz CT molecular complexity index is 348. The van der Waals surface area contributed by atoms with Crippen LogP contribution >= 0.6 is 12.4 Å². The average Bonchev–Trinajstić information content (AvgIpc) is 2.46. The maximum absolute atomic E-state index is 12.1. The van der Waals surface area contributed by atoms with Crippen molar-refractivity contribution < 1.29 is 9.59 Å². The van der Waals surface area contributed by atoms with Crippen LogP contribution in [0.3, 0.4) is 0 Å². The smallest absolute Gasteiger partial charge is 0.315 e. The highest BCUT2D eigenvalue weighted by Crippen LogP contribution is 2.17. The fraction of sp³-hybridized carbons (Fsp3) is 0.857. The van der Waals surface area contributed by atoms with Crippen molar-refractivity contribution in [1.82, 2.24) is 20.9 Å². The summed E-state index contributed by atoms with van der Waals surface area (Å²) in [5.41, 5.74) is 0. The lowest BCUT2D eigenvalue weighted by atomic mass is 9.96. The van der Waals surface area contributed by atoms with Crippen LogP contribution in [0.4, 0.5) is 4.79 Å². The van der Waals surface area contributed by atoms with E-state index in [0.717, 1.165) is 25.9 Å². The molecule has 0 aromatic heterocycles. The van der Waals surface area contributed by atoms with Gasteiger partial charge in [-0.2, -0.15) is 0 Å². The normalized spacial score (nSPS) is 23.1. The van der Waals surface area contributed by atoms with Gasteiger partial charge in [-0.3, -0.25) is 4.79 Å². The van der Waals surface area contributed by atoms with Crippen LogP contribution in [0.25, 0.3) is 0 Å². The molecule has 0 spiro atoms. The van der Waals surface area contributed by atoms with Crippen LogP contribution in [-0.4, -0.2) is 55.1 Å². The van der Waals surface area contributed by atoms with Crippen molar-refractivity contribution in [3.8, 4) is 0 Å². The minimum absolute atomic E-state index is 0. The summed E-state index contributed by atoms with van der Waals surface area (Å²) in [5, 5.41) is 8.89. The zero-order valence-corrected chi connectivity index (χ0v) is 13.5. The summed E-state index contributed by atoms with van der Waals surface area (Å²) >= 11 is 0. The van der Waals surface area contributed by atoms with E-state index in [1.807, 2.05) is 11.8 Å². The number of hydrogen-bond donors (Lipinski definition) is 3. The first-order valence-corrected chi connectivity index (χ1v) is 7.71. The summed E-state index contributed by atoms with van der Waals surface area (Å²) in [6, 6.07) is 0.254. The van der Waals surface area contributed by atoms with Gasteiger partial charge in [-0.25, -0.2) is 4.79 Å². The van der Waals surface area contributed by atoms with Crippen LogP contribution in [0.1, 0.15) is 39.0 Å². The van der Waals surface area contributed by atoms with Crippen LogP contribution in [-0.2, 0) is 4.79 Å². The third-order valence-corrected chi connectivity index (χ3v) is 4.16. The molecule has 0 aromatic carbocycles. The minimum Gasteiger partial charge on any atom is -0.336 e. The van der Waals surface area contributed by atoms with Crippen molar-refractivity contribution in [2.24, 2.45) is 0 Å². The molecule has 2 rings (SSSR count). The van der Waals surface area contributed by atoms with Crippen molar-refractivity contribution in [2.75, 3.05) is 26.2 Å². The van der Waals surface area contributed by atoms with E-state index < -0.39 is 0 Å². The number of rotatable bonds is 3. The topological polar surface area (TPSA) is 73.5 Å². The fourth-order valence-corrected chi connectivity index (χ4v) is 2.95. The monoisotopic (exact) mass is 318 g/mol. The van der Waals surface area contributed by atoms with Gasteiger partial charge in [0, 0.05) is 31.7 Å². The number of amides is 3. The van der Waals surface area contributed by atoms with Gasteiger partial charge in [0.25, 0.3) is 0 Å². The van der Waals surface area contributed by atoms with Crippen molar-refractivity contribution >= 4 is 24.3 Å². The van der Waals surface area contributed by atoms with Gasteiger partial charge in [0.05, 0.1) is 6.54 Å². The van der Waals surface area contributed by atoms with Crippen molar-refractivity contribution in [3.05, 3.63) is 0 Å². The average molecular weight is 319 g/mol. The van der Waals surface area contributed by atoms with Crippen molar-refractivity contribution in [2.45, 2.75) is 51.1 Å². The maximum atomic E-state index is 12.1. The van der Waals surface area contributed by atoms with Gasteiger partial charge in [-0.1, -0.05) is 19.3 Å². The number of hydrogen-bond acceptors (Lipinski definition) is 3. The van der Waals surface area contributed by atoms with Gasteiger partial charge >= 0.3 is 6.03 Å². The Kier molecular flexibility index (Phi) is 7.82. The fourth-order valence-electron chi connectivity index (χ4n) is 2.95. The molecule has 0 aromatic rings. The molecule has 1 aliphatic heterocycles. The molecule has 0 bridgehead atoms. The van der Waals surface area contributed by atoms with Gasteiger partial charge in [0.2, 0.25) is 5.91 Å². The highest BCUT2D eigenvalue weighted by molar-refractivity contribution is 5.85. The molecule has 0 unspecified atom stereocenters. The van der Waals surface area contributed by atoms with E-state index in [-0.39, 0.29) is 43.0 Å². The minimum atomic E-state index is -0.215. The summed E-state index contributed by atoms with van der Waals surface area (Å²) < 4.78 is 0. The van der Waals surface area contributed by atoms with Crippen LogP contribution in [0.15, 0.2) is 0 Å². The largest absolute Gasteiger partial charge is 0.336 e. The molecule has 21 heavy (non-hydrogen) atoms. The molecule has 3 amide bonds. The first-order valence-electron chi connectivity index (χ1n) is 7.71. The molecule has 3 N–H and O–H groups in total. The van der Waals surface area contributed by atoms with Gasteiger partial charge in [-0.15, -0.1) is 12.4 Å². The van der Waals surface area contributed by atoms with E-state index in [4.69, 9.17) is 0 Å². The number of carbonyl (C=O) groups excluding carboxylic acids is 2. The molecule has 1 atom stereocenters. The van der Waals surface area contributed by atoms with Crippen LogP contribution in [0.5, 0.6) is 0 Å². The zero-order chi connectivity index (χ0) is 14.4. The van der Waals surface area contributed by atoms with Crippen LogP contribution in [0.2, 0.25) is 0 Å². The van der Waals surface area contributed by atoms with Gasteiger partial charge in [-0.05, 0) is 19.8 Å². The molecule has 1 aliphatic carbocycles. The Morgan fingerprint density at radius 2 is 1.95 bits per heavy atom. The summed E-state index contributed by atoms with van der Waals surface area (Å²) in [4.78, 5) is 25.7. The molecule has 122 valence electrons. The number of nitrogens with one attached hydrogen (secondary N) is 3. The van der Waals surface area contributed by atoms with E-state index in [2.05, 4.69) is 16.0 Å². The van der Waals surface area contributed by atoms with Gasteiger partial charge in [0.1, 0.15) is 0 Å². The van der Waals surface area contributed by atoms with E-state index in [0.29, 0.717) is 6.54 Å². The Morgan fingerprint density at radius 3 is 2.62 bits per heavy atom. The lowest BCUT2D eigenvalue weighted by Crippen LogP contribution is -2.55. The highest BCUT2D eigenvalue weighted by Gasteiger charge is 2.23. The first kappa shape index (κ1) is 18.0. The predicted molar refractivity (Wildman–Crippen MR) is 84.7 cm³/mol. The molecule has 1 saturated carbocycles. The third kappa shape index (κ3) is 5.71. The Hall–Kier alpha value is -1.01. The number of carbonyl (C=O) groups is 2. The predicted octanol–water partition coefficient (Wildman–Crippen LogP) is 0.860. The second-order valence-corrected chi connectivity index (χ2v) is 5.80. The Balaban J connectivity index is 0.00000220. The molecular formula is C14H27ClN4O2. The molecule has 0 radical (unpaired) electrons.